The normalized spacial score (nSPS) is 21.5. The quantitative estimate of drug-likeness (QED) is 0.744. The van der Waals surface area contributed by atoms with Crippen LogP contribution in [0.15, 0.2) is 46.9 Å². The molecule has 164 valence electrons. The molecule has 0 spiro atoms. The SMILES string of the molecule is Cc1ccc(S(=O)(=O)N2CCC(C3=CCC(C(F)(F)F)C=C3)CC2)cc1CC(=O)O. The van der Waals surface area contributed by atoms with Gasteiger partial charge in [0.2, 0.25) is 10.0 Å². The van der Waals surface area contributed by atoms with Gasteiger partial charge in [0.15, 0.2) is 0 Å². The number of halogens is 3. The molecular formula is C21H24F3NO4S. The smallest absolute Gasteiger partial charge is 0.395 e. The fraction of sp³-hybridized carbons (Fsp3) is 0.476. The lowest BCUT2D eigenvalue weighted by Crippen LogP contribution is -2.39. The van der Waals surface area contributed by atoms with Crippen LogP contribution in [0.25, 0.3) is 0 Å². The van der Waals surface area contributed by atoms with Crippen molar-refractivity contribution in [2.24, 2.45) is 11.8 Å². The van der Waals surface area contributed by atoms with E-state index in [1.807, 2.05) is 0 Å². The van der Waals surface area contributed by atoms with Crippen molar-refractivity contribution in [1.82, 2.24) is 4.31 Å². The first kappa shape index (κ1) is 22.6. The summed E-state index contributed by atoms with van der Waals surface area (Å²) in [5.74, 6) is -2.46. The topological polar surface area (TPSA) is 74.7 Å². The number of carboxylic acid groups (broad SMARTS) is 1. The highest BCUT2D eigenvalue weighted by molar-refractivity contribution is 7.89. The van der Waals surface area contributed by atoms with Crippen molar-refractivity contribution >= 4 is 16.0 Å². The van der Waals surface area contributed by atoms with Gasteiger partial charge in [-0.2, -0.15) is 17.5 Å². The first-order chi connectivity index (χ1) is 14.0. The van der Waals surface area contributed by atoms with Gasteiger partial charge in [0.05, 0.1) is 17.2 Å². The Kier molecular flexibility index (Phi) is 6.43. The van der Waals surface area contributed by atoms with Crippen LogP contribution in [-0.4, -0.2) is 43.1 Å². The summed E-state index contributed by atoms with van der Waals surface area (Å²) in [4.78, 5) is 11.1. The summed E-state index contributed by atoms with van der Waals surface area (Å²) in [6.07, 6.45) is 0.804. The monoisotopic (exact) mass is 443 g/mol. The maximum Gasteiger partial charge on any atom is 0.395 e. The van der Waals surface area contributed by atoms with Crippen LogP contribution in [0.2, 0.25) is 0 Å². The Bertz CT molecular complexity index is 974. The lowest BCUT2D eigenvalue weighted by atomic mass is 9.84. The molecule has 1 aromatic carbocycles. The standard InChI is InChI=1S/C21H24F3NO4S/c1-14-2-7-19(12-17(14)13-20(26)27)30(28,29)25-10-8-16(9-11-25)15-3-5-18(6-4-15)21(22,23)24/h2-5,7,12,16,18H,6,8-11,13H2,1H3,(H,26,27). The average molecular weight is 443 g/mol. The van der Waals surface area contributed by atoms with Gasteiger partial charge >= 0.3 is 12.1 Å². The van der Waals surface area contributed by atoms with Crippen LogP contribution in [-0.2, 0) is 21.2 Å². The molecule has 3 rings (SSSR count). The van der Waals surface area contributed by atoms with Gasteiger partial charge in [0, 0.05) is 13.1 Å². The number of aryl methyl sites for hydroxylation is 1. The molecular weight excluding hydrogens is 419 g/mol. The Morgan fingerprint density at radius 2 is 1.90 bits per heavy atom. The molecule has 0 amide bonds. The molecule has 0 aromatic heterocycles. The second-order valence-corrected chi connectivity index (χ2v) is 9.72. The third-order valence-electron chi connectivity index (χ3n) is 5.77. The molecule has 30 heavy (non-hydrogen) atoms. The number of carbonyl (C=O) groups is 1. The van der Waals surface area contributed by atoms with E-state index in [0.717, 1.165) is 5.57 Å². The summed E-state index contributed by atoms with van der Waals surface area (Å²) >= 11 is 0. The number of carboxylic acids is 1. The molecule has 1 unspecified atom stereocenters. The second kappa shape index (κ2) is 8.55. The zero-order chi connectivity index (χ0) is 22.1. The van der Waals surface area contributed by atoms with Crippen LogP contribution < -0.4 is 0 Å². The molecule has 1 saturated heterocycles. The number of hydrogen-bond donors (Lipinski definition) is 1. The van der Waals surface area contributed by atoms with Gasteiger partial charge in [0.1, 0.15) is 0 Å². The third kappa shape index (κ3) is 4.95. The number of nitrogens with zero attached hydrogens (tertiary/aromatic N) is 1. The summed E-state index contributed by atoms with van der Waals surface area (Å²) < 4.78 is 65.7. The van der Waals surface area contributed by atoms with Crippen LogP contribution in [0.5, 0.6) is 0 Å². The van der Waals surface area contributed by atoms with E-state index in [1.165, 1.54) is 28.6 Å². The Morgan fingerprint density at radius 1 is 1.23 bits per heavy atom. The molecule has 1 aliphatic carbocycles. The summed E-state index contributed by atoms with van der Waals surface area (Å²) in [6.45, 7) is 2.26. The van der Waals surface area contributed by atoms with E-state index in [1.54, 1.807) is 19.1 Å². The summed E-state index contributed by atoms with van der Waals surface area (Å²) in [5, 5.41) is 9.01. The lowest BCUT2D eigenvalue weighted by molar-refractivity contribution is -0.160. The molecule has 1 atom stereocenters. The summed E-state index contributed by atoms with van der Waals surface area (Å²) in [5.41, 5.74) is 2.00. The van der Waals surface area contributed by atoms with Crippen LogP contribution in [0.3, 0.4) is 0 Å². The van der Waals surface area contributed by atoms with Crippen molar-refractivity contribution in [2.45, 2.75) is 43.7 Å². The predicted octanol–water partition coefficient (Wildman–Crippen LogP) is 4.09. The molecule has 1 fully saturated rings. The van der Waals surface area contributed by atoms with Gasteiger partial charge in [-0.05, 0) is 60.9 Å². The zero-order valence-corrected chi connectivity index (χ0v) is 17.3. The van der Waals surface area contributed by atoms with E-state index >= 15 is 0 Å². The maximum atomic E-state index is 13.0. The fourth-order valence-corrected chi connectivity index (χ4v) is 5.44. The number of piperidine rings is 1. The van der Waals surface area contributed by atoms with E-state index in [9.17, 15) is 26.4 Å². The van der Waals surface area contributed by atoms with Gasteiger partial charge in [-0.1, -0.05) is 24.3 Å². The van der Waals surface area contributed by atoms with Crippen LogP contribution >= 0.6 is 0 Å². The first-order valence-electron chi connectivity index (χ1n) is 9.75. The number of sulfonamides is 1. The molecule has 2 aliphatic rings. The van der Waals surface area contributed by atoms with Gasteiger partial charge in [0.25, 0.3) is 0 Å². The van der Waals surface area contributed by atoms with Crippen LogP contribution in [0.4, 0.5) is 13.2 Å². The molecule has 5 nitrogen and oxygen atoms in total. The molecule has 1 aromatic rings. The van der Waals surface area contributed by atoms with Crippen molar-refractivity contribution in [3.63, 3.8) is 0 Å². The highest BCUT2D eigenvalue weighted by atomic mass is 32.2. The van der Waals surface area contributed by atoms with Crippen molar-refractivity contribution in [3.8, 4) is 0 Å². The Balaban J connectivity index is 1.67. The molecule has 0 bridgehead atoms. The number of aliphatic carboxylic acids is 1. The highest BCUT2D eigenvalue weighted by Crippen LogP contribution is 2.37. The van der Waals surface area contributed by atoms with Gasteiger partial charge in [-0.25, -0.2) is 8.42 Å². The minimum absolute atomic E-state index is 0.0301. The minimum Gasteiger partial charge on any atom is -0.481 e. The van der Waals surface area contributed by atoms with E-state index < -0.39 is 28.1 Å². The van der Waals surface area contributed by atoms with Crippen LogP contribution in [0, 0.1) is 18.8 Å². The highest BCUT2D eigenvalue weighted by Gasteiger charge is 2.38. The lowest BCUT2D eigenvalue weighted by Gasteiger charge is -2.33. The summed E-state index contributed by atoms with van der Waals surface area (Å²) in [6, 6.07) is 4.49. The molecule has 1 aliphatic heterocycles. The van der Waals surface area contributed by atoms with Crippen molar-refractivity contribution in [2.75, 3.05) is 13.1 Å². The molecule has 0 radical (unpaired) electrons. The largest absolute Gasteiger partial charge is 0.481 e. The van der Waals surface area contributed by atoms with E-state index in [2.05, 4.69) is 0 Å². The molecule has 1 N–H and O–H groups in total. The molecule has 9 heteroatoms. The number of rotatable bonds is 5. The third-order valence-corrected chi connectivity index (χ3v) is 7.67. The minimum atomic E-state index is -4.25. The van der Waals surface area contributed by atoms with Gasteiger partial charge < -0.3 is 5.11 Å². The van der Waals surface area contributed by atoms with Gasteiger partial charge in [-0.3, -0.25) is 4.79 Å². The molecule has 0 saturated carbocycles. The van der Waals surface area contributed by atoms with Crippen molar-refractivity contribution in [3.05, 3.63) is 53.1 Å². The number of hydrogen-bond acceptors (Lipinski definition) is 3. The van der Waals surface area contributed by atoms with E-state index in [-0.39, 0.29) is 36.7 Å². The fourth-order valence-electron chi connectivity index (χ4n) is 3.92. The summed E-state index contributed by atoms with van der Waals surface area (Å²) in [7, 11) is -3.77. The van der Waals surface area contributed by atoms with Crippen molar-refractivity contribution < 1.29 is 31.5 Å². The van der Waals surface area contributed by atoms with E-state index in [4.69, 9.17) is 5.11 Å². The second-order valence-electron chi connectivity index (χ2n) is 7.78. The van der Waals surface area contributed by atoms with Gasteiger partial charge in [-0.15, -0.1) is 0 Å². The zero-order valence-electron chi connectivity index (χ0n) is 16.5. The number of alkyl halides is 3. The van der Waals surface area contributed by atoms with Crippen LogP contribution in [0.1, 0.15) is 30.4 Å². The number of benzene rings is 1. The first-order valence-corrected chi connectivity index (χ1v) is 11.2. The predicted molar refractivity (Wildman–Crippen MR) is 105 cm³/mol. The average Bonchev–Trinajstić information content (AvgIpc) is 2.69. The van der Waals surface area contributed by atoms with Crippen molar-refractivity contribution in [1.29, 1.82) is 0 Å². The Morgan fingerprint density at radius 3 is 2.43 bits per heavy atom. The Hall–Kier alpha value is -2.13. The number of allylic oxidation sites excluding steroid dienone is 4. The Labute approximate surface area is 173 Å². The maximum absolute atomic E-state index is 13.0. The van der Waals surface area contributed by atoms with E-state index in [0.29, 0.717) is 24.0 Å². The molecule has 1 heterocycles.